The molecule has 1 aliphatic heterocycles. The first-order chi connectivity index (χ1) is 3.70. The number of ether oxygens (including phenoxy) is 2. The zero-order valence-electron chi connectivity index (χ0n) is 4.88. The van der Waals surface area contributed by atoms with Crippen LogP contribution in [-0.4, -0.2) is 12.4 Å². The van der Waals surface area contributed by atoms with Gasteiger partial charge in [0, 0.05) is 5.92 Å². The van der Waals surface area contributed by atoms with E-state index in [9.17, 15) is 4.79 Å². The van der Waals surface area contributed by atoms with E-state index in [1.54, 1.807) is 0 Å². The molecule has 0 amide bonds. The molecule has 3 heteroatoms. The molecule has 1 heterocycles. The van der Waals surface area contributed by atoms with Gasteiger partial charge < -0.3 is 9.47 Å². The molecule has 8 heavy (non-hydrogen) atoms. The van der Waals surface area contributed by atoms with E-state index < -0.39 is 6.16 Å². The second-order valence-electron chi connectivity index (χ2n) is 2.10. The maximum Gasteiger partial charge on any atom is 0.514 e. The van der Waals surface area contributed by atoms with Gasteiger partial charge in [-0.05, 0) is 0 Å². The Bertz CT molecular complexity index is 100. The zero-order chi connectivity index (χ0) is 6.15. The third kappa shape index (κ3) is 0.757. The van der Waals surface area contributed by atoms with Gasteiger partial charge in [0.1, 0.15) is 0 Å². The van der Waals surface area contributed by atoms with E-state index in [-0.39, 0.29) is 12.2 Å². The van der Waals surface area contributed by atoms with E-state index in [2.05, 4.69) is 9.47 Å². The largest absolute Gasteiger partial charge is 0.514 e. The van der Waals surface area contributed by atoms with Crippen LogP contribution in [-0.2, 0) is 9.47 Å². The van der Waals surface area contributed by atoms with E-state index in [4.69, 9.17) is 0 Å². The lowest BCUT2D eigenvalue weighted by Gasteiger charge is -2.28. The molecule has 0 aromatic heterocycles. The first-order valence-electron chi connectivity index (χ1n) is 2.57. The molecule has 0 aromatic carbocycles. The van der Waals surface area contributed by atoms with Crippen molar-refractivity contribution < 1.29 is 14.3 Å². The van der Waals surface area contributed by atoms with Gasteiger partial charge in [0.15, 0.2) is 0 Å². The molecule has 0 aromatic rings. The lowest BCUT2D eigenvalue weighted by Crippen LogP contribution is -2.39. The van der Waals surface area contributed by atoms with Crippen molar-refractivity contribution in [2.45, 2.75) is 20.1 Å². The number of hydrogen-bond donors (Lipinski definition) is 0. The molecular formula is C5H8O3. The van der Waals surface area contributed by atoms with Crippen molar-refractivity contribution in [3.05, 3.63) is 0 Å². The summed E-state index contributed by atoms with van der Waals surface area (Å²) in [4.78, 5) is 9.97. The van der Waals surface area contributed by atoms with Crippen LogP contribution in [0.15, 0.2) is 0 Å². The van der Waals surface area contributed by atoms with Crippen LogP contribution in [0.2, 0.25) is 0 Å². The standard InChI is InChI=1S/C5H8O3/c1-3(2)4-7-5(6)8-4/h3-4H,1-2H3. The number of carbonyl (C=O) groups excluding carboxylic acids is 1. The summed E-state index contributed by atoms with van der Waals surface area (Å²) in [6, 6.07) is 0. The minimum absolute atomic E-state index is 0.271. The van der Waals surface area contributed by atoms with Crippen molar-refractivity contribution in [2.75, 3.05) is 0 Å². The van der Waals surface area contributed by atoms with E-state index in [0.29, 0.717) is 0 Å². The Morgan fingerprint density at radius 2 is 2.00 bits per heavy atom. The molecular weight excluding hydrogens is 108 g/mol. The predicted molar refractivity (Wildman–Crippen MR) is 26.2 cm³/mol. The fraction of sp³-hybridized carbons (Fsp3) is 0.800. The molecule has 0 aliphatic carbocycles. The monoisotopic (exact) mass is 116 g/mol. The van der Waals surface area contributed by atoms with Gasteiger partial charge in [-0.3, -0.25) is 0 Å². The summed E-state index contributed by atoms with van der Waals surface area (Å²) in [6.07, 6.45) is -0.841. The van der Waals surface area contributed by atoms with Crippen LogP contribution < -0.4 is 0 Å². The third-order valence-electron chi connectivity index (χ3n) is 0.969. The van der Waals surface area contributed by atoms with Crippen LogP contribution in [0.4, 0.5) is 4.79 Å². The highest BCUT2D eigenvalue weighted by atomic mass is 16.9. The highest BCUT2D eigenvalue weighted by molar-refractivity contribution is 5.64. The molecule has 1 fully saturated rings. The predicted octanol–water partition coefficient (Wildman–Crippen LogP) is 1.14. The number of hydrogen-bond acceptors (Lipinski definition) is 3. The highest BCUT2D eigenvalue weighted by Gasteiger charge is 2.32. The smallest absolute Gasteiger partial charge is 0.393 e. The minimum atomic E-state index is -0.552. The normalized spacial score (nSPS) is 19.6. The molecule has 1 saturated heterocycles. The maximum absolute atomic E-state index is 9.97. The van der Waals surface area contributed by atoms with Crippen LogP contribution in [0, 0.1) is 5.92 Å². The average Bonchev–Trinajstić information content (AvgIpc) is 1.57. The summed E-state index contributed by atoms with van der Waals surface area (Å²) < 4.78 is 9.08. The summed E-state index contributed by atoms with van der Waals surface area (Å²) in [7, 11) is 0. The van der Waals surface area contributed by atoms with Gasteiger partial charge >= 0.3 is 6.16 Å². The molecule has 0 radical (unpaired) electrons. The maximum atomic E-state index is 9.97. The Balaban J connectivity index is 2.25. The van der Waals surface area contributed by atoms with Gasteiger partial charge in [0.2, 0.25) is 0 Å². The van der Waals surface area contributed by atoms with Crippen molar-refractivity contribution in [1.29, 1.82) is 0 Å². The first-order valence-corrected chi connectivity index (χ1v) is 2.57. The summed E-state index contributed by atoms with van der Waals surface area (Å²) in [5.41, 5.74) is 0. The van der Waals surface area contributed by atoms with Gasteiger partial charge in [0.05, 0.1) is 0 Å². The summed E-state index contributed by atoms with van der Waals surface area (Å²) in [5, 5.41) is 0. The summed E-state index contributed by atoms with van der Waals surface area (Å²) >= 11 is 0. The first kappa shape index (κ1) is 5.41. The number of cyclic esters (lactones) is 2. The molecule has 46 valence electrons. The molecule has 1 rings (SSSR count). The quantitative estimate of drug-likeness (QED) is 0.482. The number of rotatable bonds is 1. The van der Waals surface area contributed by atoms with Gasteiger partial charge in [-0.15, -0.1) is 0 Å². The molecule has 0 bridgehead atoms. The van der Waals surface area contributed by atoms with E-state index in [1.807, 2.05) is 13.8 Å². The van der Waals surface area contributed by atoms with Crippen molar-refractivity contribution >= 4 is 6.16 Å². The molecule has 1 aliphatic rings. The van der Waals surface area contributed by atoms with Crippen molar-refractivity contribution in [1.82, 2.24) is 0 Å². The van der Waals surface area contributed by atoms with Gasteiger partial charge in [-0.2, -0.15) is 0 Å². The number of carbonyl (C=O) groups is 1. The highest BCUT2D eigenvalue weighted by Crippen LogP contribution is 2.17. The lowest BCUT2D eigenvalue weighted by atomic mass is 10.2. The Hall–Kier alpha value is -0.730. The van der Waals surface area contributed by atoms with Gasteiger partial charge in [-0.25, -0.2) is 4.79 Å². The summed E-state index contributed by atoms with van der Waals surface area (Å²) in [6.45, 7) is 3.86. The Kier molecular flexibility index (Phi) is 1.12. The Labute approximate surface area is 47.6 Å². The van der Waals surface area contributed by atoms with Crippen molar-refractivity contribution in [3.8, 4) is 0 Å². The van der Waals surface area contributed by atoms with Crippen molar-refractivity contribution in [2.24, 2.45) is 5.92 Å². The van der Waals surface area contributed by atoms with Crippen LogP contribution in [0.5, 0.6) is 0 Å². The average molecular weight is 116 g/mol. The van der Waals surface area contributed by atoms with E-state index >= 15 is 0 Å². The molecule has 0 unspecified atom stereocenters. The fourth-order valence-corrected chi connectivity index (χ4v) is 0.471. The zero-order valence-corrected chi connectivity index (χ0v) is 4.88. The second-order valence-corrected chi connectivity index (χ2v) is 2.10. The van der Waals surface area contributed by atoms with Crippen LogP contribution >= 0.6 is 0 Å². The van der Waals surface area contributed by atoms with Crippen LogP contribution in [0.3, 0.4) is 0 Å². The van der Waals surface area contributed by atoms with Crippen LogP contribution in [0.25, 0.3) is 0 Å². The molecule has 0 N–H and O–H groups in total. The molecule has 3 nitrogen and oxygen atoms in total. The van der Waals surface area contributed by atoms with Crippen LogP contribution in [0.1, 0.15) is 13.8 Å². The summed E-state index contributed by atoms with van der Waals surface area (Å²) in [5.74, 6) is 0.271. The molecule has 0 saturated carbocycles. The Morgan fingerprint density at radius 1 is 1.50 bits per heavy atom. The van der Waals surface area contributed by atoms with Crippen molar-refractivity contribution in [3.63, 3.8) is 0 Å². The third-order valence-corrected chi connectivity index (χ3v) is 0.969. The van der Waals surface area contributed by atoms with Gasteiger partial charge in [-0.1, -0.05) is 13.8 Å². The van der Waals surface area contributed by atoms with Gasteiger partial charge in [0.25, 0.3) is 6.29 Å². The topological polar surface area (TPSA) is 35.5 Å². The fourth-order valence-electron chi connectivity index (χ4n) is 0.471. The SMILES string of the molecule is CC(C)C1OC(=O)O1. The second kappa shape index (κ2) is 1.65. The molecule has 0 spiro atoms. The minimum Gasteiger partial charge on any atom is -0.393 e. The Morgan fingerprint density at radius 3 is 2.12 bits per heavy atom. The molecule has 0 atom stereocenters. The van der Waals surface area contributed by atoms with E-state index in [1.165, 1.54) is 0 Å². The van der Waals surface area contributed by atoms with E-state index in [0.717, 1.165) is 0 Å². The lowest BCUT2D eigenvalue weighted by molar-refractivity contribution is -0.202.